The normalized spacial score (nSPS) is 16.4. The van der Waals surface area contributed by atoms with Crippen molar-refractivity contribution in [1.82, 2.24) is 20.2 Å². The number of amides is 1. The van der Waals surface area contributed by atoms with Gasteiger partial charge < -0.3 is 19.9 Å². The molecule has 4 heterocycles. The highest BCUT2D eigenvalue weighted by Gasteiger charge is 2.38. The quantitative estimate of drug-likeness (QED) is 0.530. The van der Waals surface area contributed by atoms with Gasteiger partial charge in [-0.2, -0.15) is 13.2 Å². The van der Waals surface area contributed by atoms with Crippen LogP contribution in [0.5, 0.6) is 0 Å². The molecule has 1 fully saturated rings. The number of piperazine rings is 1. The number of anilines is 1. The van der Waals surface area contributed by atoms with Crippen molar-refractivity contribution in [3.8, 4) is 0 Å². The van der Waals surface area contributed by atoms with E-state index in [-0.39, 0.29) is 30.2 Å². The molecule has 2 N–H and O–H groups in total. The van der Waals surface area contributed by atoms with Crippen molar-refractivity contribution in [3.63, 3.8) is 0 Å². The molecule has 36 heavy (non-hydrogen) atoms. The minimum absolute atomic E-state index is 0.0831. The van der Waals surface area contributed by atoms with Gasteiger partial charge in [0.25, 0.3) is 11.5 Å². The second-order valence-corrected chi connectivity index (χ2v) is 8.81. The summed E-state index contributed by atoms with van der Waals surface area (Å²) >= 11 is 0. The Balaban J connectivity index is 1.33. The number of hydrogen-bond acceptors (Lipinski definition) is 6. The number of aromatic amines is 1. The van der Waals surface area contributed by atoms with Crippen LogP contribution in [0.3, 0.4) is 0 Å². The van der Waals surface area contributed by atoms with Crippen LogP contribution in [0.2, 0.25) is 0 Å². The number of halogens is 4. The SMILES string of the molecule is CNC(=O)c1ccc(N2CCN(Cc3cc(F)c4c5c(c(=O)[nH]c4c3)COC5)CC2)c(C(F)(F)F)n1. The van der Waals surface area contributed by atoms with Gasteiger partial charge in [-0.05, 0) is 29.8 Å². The van der Waals surface area contributed by atoms with Crippen molar-refractivity contribution in [2.24, 2.45) is 0 Å². The number of nitrogens with one attached hydrogen (secondary N) is 2. The van der Waals surface area contributed by atoms with Gasteiger partial charge in [0.05, 0.1) is 24.4 Å². The van der Waals surface area contributed by atoms with E-state index in [1.165, 1.54) is 25.2 Å². The maximum absolute atomic E-state index is 15.0. The van der Waals surface area contributed by atoms with E-state index >= 15 is 0 Å². The predicted molar refractivity (Wildman–Crippen MR) is 123 cm³/mol. The van der Waals surface area contributed by atoms with Crippen molar-refractivity contribution in [2.45, 2.75) is 25.9 Å². The Hall–Kier alpha value is -3.51. The van der Waals surface area contributed by atoms with Gasteiger partial charge in [0, 0.05) is 56.3 Å². The van der Waals surface area contributed by atoms with Crippen LogP contribution in [-0.2, 0) is 30.7 Å². The first-order valence-corrected chi connectivity index (χ1v) is 11.4. The largest absolute Gasteiger partial charge is 0.435 e. The Morgan fingerprint density at radius 2 is 1.86 bits per heavy atom. The predicted octanol–water partition coefficient (Wildman–Crippen LogP) is 2.79. The van der Waals surface area contributed by atoms with Crippen LogP contribution in [0.1, 0.15) is 32.9 Å². The fourth-order valence-corrected chi connectivity index (χ4v) is 4.79. The Morgan fingerprint density at radius 3 is 2.56 bits per heavy atom. The Kier molecular flexibility index (Phi) is 6.17. The highest BCUT2D eigenvalue weighted by molar-refractivity contribution is 5.92. The molecule has 3 aromatic rings. The first kappa shape index (κ1) is 24.2. The minimum Gasteiger partial charge on any atom is -0.372 e. The minimum atomic E-state index is -4.72. The summed E-state index contributed by atoms with van der Waals surface area (Å²) in [5.74, 6) is -1.14. The lowest BCUT2D eigenvalue weighted by Crippen LogP contribution is -2.46. The summed E-state index contributed by atoms with van der Waals surface area (Å²) in [6.07, 6.45) is -4.72. The van der Waals surface area contributed by atoms with Gasteiger partial charge in [0.1, 0.15) is 11.5 Å². The van der Waals surface area contributed by atoms with Crippen molar-refractivity contribution in [1.29, 1.82) is 0 Å². The van der Waals surface area contributed by atoms with Crippen LogP contribution < -0.4 is 15.8 Å². The Labute approximate surface area is 202 Å². The van der Waals surface area contributed by atoms with Crippen LogP contribution in [0, 0.1) is 5.82 Å². The third-order valence-electron chi connectivity index (χ3n) is 6.55. The monoisotopic (exact) mass is 505 g/mol. The van der Waals surface area contributed by atoms with Crippen LogP contribution in [0.15, 0.2) is 29.1 Å². The molecular weight excluding hydrogens is 482 g/mol. The fourth-order valence-electron chi connectivity index (χ4n) is 4.79. The number of ether oxygens (including phenoxy) is 1. The molecule has 1 aromatic carbocycles. The summed E-state index contributed by atoms with van der Waals surface area (Å²) in [4.78, 5) is 34.0. The molecule has 0 aliphatic carbocycles. The molecule has 1 saturated heterocycles. The lowest BCUT2D eigenvalue weighted by molar-refractivity contribution is -0.140. The number of H-pyrrole nitrogens is 1. The van der Waals surface area contributed by atoms with Crippen LogP contribution in [0.4, 0.5) is 23.2 Å². The maximum atomic E-state index is 15.0. The van der Waals surface area contributed by atoms with Gasteiger partial charge in [-0.25, -0.2) is 9.37 Å². The van der Waals surface area contributed by atoms with E-state index in [2.05, 4.69) is 15.3 Å². The van der Waals surface area contributed by atoms with E-state index in [9.17, 15) is 27.2 Å². The number of carbonyl (C=O) groups is 1. The fraction of sp³-hybridized carbons (Fsp3) is 0.375. The molecular formula is C24H23F4N5O3. The van der Waals surface area contributed by atoms with Gasteiger partial charge in [0.2, 0.25) is 0 Å². The van der Waals surface area contributed by atoms with Gasteiger partial charge in [0.15, 0.2) is 5.69 Å². The van der Waals surface area contributed by atoms with E-state index < -0.39 is 23.6 Å². The maximum Gasteiger partial charge on any atom is 0.435 e. The zero-order valence-electron chi connectivity index (χ0n) is 19.3. The number of nitrogens with zero attached hydrogens (tertiary/aromatic N) is 3. The van der Waals surface area contributed by atoms with Crippen molar-refractivity contribution >= 4 is 22.5 Å². The standard InChI is InChI=1S/C24H23F4N5O3/c1-29-23(35)17-2-3-19(21(30-17)24(26,27)28)33-6-4-32(5-7-33)10-13-8-16(25)20-14-11-36-12-15(14)22(34)31-18(20)9-13/h2-3,8-9H,4-7,10-12H2,1H3,(H,29,35)(H,31,34). The van der Waals surface area contributed by atoms with Crippen molar-refractivity contribution in [2.75, 3.05) is 38.1 Å². The number of aromatic nitrogens is 2. The molecule has 2 aliphatic rings. The second-order valence-electron chi connectivity index (χ2n) is 8.81. The number of carbonyl (C=O) groups excluding carboxylic acids is 1. The highest BCUT2D eigenvalue weighted by Crippen LogP contribution is 2.36. The van der Waals surface area contributed by atoms with E-state index in [0.717, 1.165) is 0 Å². The van der Waals surface area contributed by atoms with E-state index in [4.69, 9.17) is 4.74 Å². The van der Waals surface area contributed by atoms with Crippen LogP contribution in [0.25, 0.3) is 10.9 Å². The lowest BCUT2D eigenvalue weighted by atomic mass is 10.0. The average Bonchev–Trinajstić information content (AvgIpc) is 3.33. The molecule has 2 aromatic heterocycles. The zero-order valence-corrected chi connectivity index (χ0v) is 19.3. The van der Waals surface area contributed by atoms with Crippen LogP contribution >= 0.6 is 0 Å². The topological polar surface area (TPSA) is 90.6 Å². The molecule has 0 atom stereocenters. The summed E-state index contributed by atoms with van der Waals surface area (Å²) in [5.41, 5.74) is 0.279. The summed E-state index contributed by atoms with van der Waals surface area (Å²) in [7, 11) is 1.32. The summed E-state index contributed by atoms with van der Waals surface area (Å²) in [5, 5.41) is 2.63. The molecule has 0 unspecified atom stereocenters. The highest BCUT2D eigenvalue weighted by atomic mass is 19.4. The van der Waals surface area contributed by atoms with Gasteiger partial charge in [-0.15, -0.1) is 0 Å². The summed E-state index contributed by atoms with van der Waals surface area (Å²) in [6, 6.07) is 5.70. The van der Waals surface area contributed by atoms with Gasteiger partial charge >= 0.3 is 6.18 Å². The smallest absolute Gasteiger partial charge is 0.372 e. The van der Waals surface area contributed by atoms with Gasteiger partial charge in [-0.3, -0.25) is 14.5 Å². The number of benzene rings is 1. The lowest BCUT2D eigenvalue weighted by Gasteiger charge is -2.37. The third kappa shape index (κ3) is 4.42. The zero-order chi connectivity index (χ0) is 25.6. The molecule has 0 spiro atoms. The first-order valence-electron chi connectivity index (χ1n) is 11.4. The van der Waals surface area contributed by atoms with E-state index in [0.29, 0.717) is 60.3 Å². The second kappa shape index (κ2) is 9.17. The Morgan fingerprint density at radius 1 is 1.14 bits per heavy atom. The number of fused-ring (bicyclic) bond motifs is 3. The van der Waals surface area contributed by atoms with Crippen molar-refractivity contribution < 1.29 is 27.1 Å². The molecule has 2 aliphatic heterocycles. The number of pyridine rings is 2. The van der Waals surface area contributed by atoms with Gasteiger partial charge in [-0.1, -0.05) is 0 Å². The molecule has 0 saturated carbocycles. The van der Waals surface area contributed by atoms with Crippen molar-refractivity contribution in [3.05, 3.63) is 68.5 Å². The number of hydrogen-bond donors (Lipinski definition) is 2. The molecule has 190 valence electrons. The first-order chi connectivity index (χ1) is 17.2. The molecule has 0 bridgehead atoms. The average molecular weight is 505 g/mol. The number of rotatable bonds is 4. The summed E-state index contributed by atoms with van der Waals surface area (Å²) < 4.78 is 61.4. The Bertz CT molecular complexity index is 1400. The molecule has 12 heteroatoms. The summed E-state index contributed by atoms with van der Waals surface area (Å²) in [6.45, 7) is 2.17. The molecule has 5 rings (SSSR count). The third-order valence-corrected chi connectivity index (χ3v) is 6.55. The van der Waals surface area contributed by atoms with Crippen LogP contribution in [-0.4, -0.2) is 54.0 Å². The molecule has 0 radical (unpaired) electrons. The van der Waals surface area contributed by atoms with E-state index in [1.54, 1.807) is 11.0 Å². The number of alkyl halides is 3. The van der Waals surface area contributed by atoms with E-state index in [1.807, 2.05) is 4.90 Å². The molecule has 8 nitrogen and oxygen atoms in total. The molecule has 1 amide bonds.